The molecule has 0 saturated heterocycles. The molecule has 3 rings (SSSR count). The van der Waals surface area contributed by atoms with Crippen molar-refractivity contribution < 1.29 is 13.9 Å². The number of fused-ring (bicyclic) bond motifs is 1. The van der Waals surface area contributed by atoms with Crippen LogP contribution in [0.4, 0.5) is 4.39 Å². The number of hydrogen-bond acceptors (Lipinski definition) is 5. The molecule has 0 atom stereocenters. The molecule has 0 bridgehead atoms. The summed E-state index contributed by atoms with van der Waals surface area (Å²) in [6.07, 6.45) is 0. The van der Waals surface area contributed by atoms with E-state index < -0.39 is 0 Å². The van der Waals surface area contributed by atoms with E-state index >= 15 is 0 Å². The van der Waals surface area contributed by atoms with E-state index in [2.05, 4.69) is 15.7 Å². The summed E-state index contributed by atoms with van der Waals surface area (Å²) < 4.78 is 19.9. The van der Waals surface area contributed by atoms with Crippen molar-refractivity contribution in [3.8, 4) is 0 Å². The second-order valence-electron chi connectivity index (χ2n) is 6.20. The third-order valence-corrected chi connectivity index (χ3v) is 5.29. The van der Waals surface area contributed by atoms with Crippen LogP contribution in [0.2, 0.25) is 0 Å². The molecule has 28 heavy (non-hydrogen) atoms. The molecule has 9 heteroatoms. The summed E-state index contributed by atoms with van der Waals surface area (Å²) in [5.74, 6) is -0.343. The highest BCUT2D eigenvalue weighted by Gasteiger charge is 2.16. The Morgan fingerprint density at radius 2 is 2.00 bits per heavy atom. The molecular formula is C19H24ClFN4O2S. The van der Waals surface area contributed by atoms with Crippen LogP contribution in [0.5, 0.6) is 0 Å². The number of amides is 1. The molecule has 6 nitrogen and oxygen atoms in total. The molecule has 3 aromatic rings. The first-order valence-corrected chi connectivity index (χ1v) is 9.59. The Bertz CT molecular complexity index is 911. The molecule has 2 heterocycles. The molecule has 0 aliphatic heterocycles. The van der Waals surface area contributed by atoms with Gasteiger partial charge in [0.15, 0.2) is 0 Å². The maximum absolute atomic E-state index is 13.1. The number of methoxy groups -OCH3 is 1. The van der Waals surface area contributed by atoms with Crippen LogP contribution in [0.25, 0.3) is 10.2 Å². The van der Waals surface area contributed by atoms with Gasteiger partial charge in [-0.2, -0.15) is 5.10 Å². The minimum absolute atomic E-state index is 0. The molecular weight excluding hydrogens is 403 g/mol. The first-order chi connectivity index (χ1) is 13.1. The molecule has 0 aliphatic carbocycles. The topological polar surface area (TPSA) is 68.2 Å². The van der Waals surface area contributed by atoms with Crippen LogP contribution in [0.1, 0.15) is 20.9 Å². The van der Waals surface area contributed by atoms with Crippen LogP contribution in [-0.2, 0) is 11.3 Å². The van der Waals surface area contributed by atoms with Crippen molar-refractivity contribution >= 4 is 39.9 Å². The van der Waals surface area contributed by atoms with Crippen molar-refractivity contribution in [1.29, 1.82) is 0 Å². The molecule has 1 amide bonds. The van der Waals surface area contributed by atoms with Gasteiger partial charge in [0.1, 0.15) is 10.6 Å². The molecule has 0 saturated carbocycles. The fourth-order valence-electron chi connectivity index (χ4n) is 2.75. The van der Waals surface area contributed by atoms with Gasteiger partial charge in [-0.3, -0.25) is 9.48 Å². The Hall–Kier alpha value is -2.00. The van der Waals surface area contributed by atoms with E-state index in [1.165, 1.54) is 23.5 Å². The summed E-state index contributed by atoms with van der Waals surface area (Å²) in [6.45, 7) is 5.11. The summed E-state index contributed by atoms with van der Waals surface area (Å²) in [7, 11) is 1.66. The van der Waals surface area contributed by atoms with Gasteiger partial charge in [0, 0.05) is 32.1 Å². The number of aromatic nitrogens is 2. The van der Waals surface area contributed by atoms with Gasteiger partial charge in [-0.15, -0.1) is 23.7 Å². The number of carbonyl (C=O) groups is 1. The van der Waals surface area contributed by atoms with Crippen molar-refractivity contribution in [2.45, 2.75) is 13.5 Å². The summed E-state index contributed by atoms with van der Waals surface area (Å²) in [5, 5.41) is 11.6. The number of carbonyl (C=O) groups excluding carboxylic acids is 1. The van der Waals surface area contributed by atoms with E-state index in [4.69, 9.17) is 4.74 Å². The fraction of sp³-hybridized carbons (Fsp3) is 0.368. The number of rotatable bonds is 9. The van der Waals surface area contributed by atoms with Gasteiger partial charge in [-0.25, -0.2) is 4.39 Å². The van der Waals surface area contributed by atoms with Crippen LogP contribution in [-0.4, -0.2) is 49.0 Å². The zero-order chi connectivity index (χ0) is 19.2. The molecule has 2 aromatic heterocycles. The van der Waals surface area contributed by atoms with Crippen molar-refractivity contribution in [3.63, 3.8) is 0 Å². The molecule has 0 radical (unpaired) electrons. The Kier molecular flexibility index (Phi) is 8.37. The number of hydrogen-bond donors (Lipinski definition) is 2. The van der Waals surface area contributed by atoms with Crippen molar-refractivity contribution in [2.75, 3.05) is 33.4 Å². The standard InChI is InChI=1S/C19H23FN4O2S.ClH/c1-13-16-11-17(18(25)22-8-7-21-9-10-26-2)27-19(16)24(23-13)12-14-3-5-15(20)6-4-14;/h3-6,11,21H,7-10,12H2,1-2H3,(H,22,25);1H. The maximum atomic E-state index is 13.1. The van der Waals surface area contributed by atoms with E-state index in [-0.39, 0.29) is 24.1 Å². The van der Waals surface area contributed by atoms with Gasteiger partial charge in [0.25, 0.3) is 5.91 Å². The predicted molar refractivity (Wildman–Crippen MR) is 112 cm³/mol. The average molecular weight is 427 g/mol. The molecule has 0 fully saturated rings. The van der Waals surface area contributed by atoms with Gasteiger partial charge in [0.2, 0.25) is 0 Å². The van der Waals surface area contributed by atoms with E-state index in [0.717, 1.165) is 28.0 Å². The number of aryl methyl sites for hydroxylation is 1. The number of benzene rings is 1. The largest absolute Gasteiger partial charge is 0.383 e. The maximum Gasteiger partial charge on any atom is 0.261 e. The first-order valence-electron chi connectivity index (χ1n) is 8.77. The van der Waals surface area contributed by atoms with Crippen LogP contribution in [0.15, 0.2) is 30.3 Å². The molecule has 0 aliphatic rings. The Balaban J connectivity index is 0.00000280. The van der Waals surface area contributed by atoms with E-state index in [1.54, 1.807) is 19.2 Å². The lowest BCUT2D eigenvalue weighted by Crippen LogP contribution is -2.32. The Morgan fingerprint density at radius 1 is 1.25 bits per heavy atom. The third kappa shape index (κ3) is 5.51. The summed E-state index contributed by atoms with van der Waals surface area (Å²) in [6, 6.07) is 8.26. The van der Waals surface area contributed by atoms with Gasteiger partial charge in [-0.1, -0.05) is 12.1 Å². The zero-order valence-electron chi connectivity index (χ0n) is 15.8. The monoisotopic (exact) mass is 426 g/mol. The van der Waals surface area contributed by atoms with E-state index in [0.29, 0.717) is 31.1 Å². The second-order valence-corrected chi connectivity index (χ2v) is 7.23. The second kappa shape index (κ2) is 10.5. The molecule has 152 valence electrons. The Labute approximate surface area is 173 Å². The van der Waals surface area contributed by atoms with E-state index in [1.807, 2.05) is 17.7 Å². The van der Waals surface area contributed by atoms with Crippen molar-refractivity contribution in [1.82, 2.24) is 20.4 Å². The smallest absolute Gasteiger partial charge is 0.261 e. The van der Waals surface area contributed by atoms with Crippen LogP contribution in [0.3, 0.4) is 0 Å². The Morgan fingerprint density at radius 3 is 2.71 bits per heavy atom. The van der Waals surface area contributed by atoms with Crippen molar-refractivity contribution in [2.24, 2.45) is 0 Å². The lowest BCUT2D eigenvalue weighted by Gasteiger charge is -2.05. The van der Waals surface area contributed by atoms with Gasteiger partial charge in [0.05, 0.1) is 23.7 Å². The zero-order valence-corrected chi connectivity index (χ0v) is 17.5. The first kappa shape index (κ1) is 22.3. The number of nitrogens with one attached hydrogen (secondary N) is 2. The normalized spacial score (nSPS) is 10.8. The third-order valence-electron chi connectivity index (χ3n) is 4.15. The molecule has 1 aromatic carbocycles. The lowest BCUT2D eigenvalue weighted by molar-refractivity contribution is 0.0958. The number of ether oxygens (including phenoxy) is 1. The lowest BCUT2D eigenvalue weighted by atomic mass is 10.2. The van der Waals surface area contributed by atoms with Gasteiger partial charge < -0.3 is 15.4 Å². The SMILES string of the molecule is COCCNCCNC(=O)c1cc2c(C)nn(Cc3ccc(F)cc3)c2s1.Cl. The van der Waals surface area contributed by atoms with Crippen LogP contribution in [0, 0.1) is 12.7 Å². The fourth-order valence-corrected chi connectivity index (χ4v) is 3.82. The molecule has 0 unspecified atom stereocenters. The summed E-state index contributed by atoms with van der Waals surface area (Å²) in [5.41, 5.74) is 1.84. The number of nitrogens with zero attached hydrogens (tertiary/aromatic N) is 2. The van der Waals surface area contributed by atoms with Crippen molar-refractivity contribution in [3.05, 3.63) is 52.3 Å². The molecule has 0 spiro atoms. The highest BCUT2D eigenvalue weighted by atomic mass is 35.5. The minimum atomic E-state index is -0.257. The highest BCUT2D eigenvalue weighted by molar-refractivity contribution is 7.20. The quantitative estimate of drug-likeness (QED) is 0.516. The van der Waals surface area contributed by atoms with Crippen LogP contribution < -0.4 is 10.6 Å². The summed E-state index contributed by atoms with van der Waals surface area (Å²) >= 11 is 1.42. The number of halogens is 2. The van der Waals surface area contributed by atoms with Crippen LogP contribution >= 0.6 is 23.7 Å². The highest BCUT2D eigenvalue weighted by Crippen LogP contribution is 2.28. The van der Waals surface area contributed by atoms with Gasteiger partial charge in [-0.05, 0) is 30.7 Å². The summed E-state index contributed by atoms with van der Waals surface area (Å²) in [4.78, 5) is 14.0. The van der Waals surface area contributed by atoms with Gasteiger partial charge >= 0.3 is 0 Å². The molecule has 2 N–H and O–H groups in total. The predicted octanol–water partition coefficient (Wildman–Crippen LogP) is 2.98. The average Bonchev–Trinajstić information content (AvgIpc) is 3.21. The number of thiophene rings is 1. The minimum Gasteiger partial charge on any atom is -0.383 e. The van der Waals surface area contributed by atoms with E-state index in [9.17, 15) is 9.18 Å².